The van der Waals surface area contributed by atoms with Crippen molar-refractivity contribution in [3.8, 4) is 0 Å². The van der Waals surface area contributed by atoms with Crippen molar-refractivity contribution in [1.29, 1.82) is 0 Å². The fourth-order valence-electron chi connectivity index (χ4n) is 4.72. The third kappa shape index (κ3) is 31.8. The second kappa shape index (κ2) is 33.4. The topological polar surface area (TPSA) is 134 Å². The summed E-state index contributed by atoms with van der Waals surface area (Å²) in [5.74, 6) is -0.889. The molecule has 0 rings (SSSR count). The lowest BCUT2D eigenvalue weighted by molar-refractivity contribution is -0.152. The smallest absolute Gasteiger partial charge is 0.305 e. The van der Waals surface area contributed by atoms with Crippen LogP contribution in [-0.2, 0) is 19.1 Å². The molecule has 0 aromatic carbocycles. The summed E-state index contributed by atoms with van der Waals surface area (Å²) in [5.41, 5.74) is 0. The van der Waals surface area contributed by atoms with Gasteiger partial charge in [-0.05, 0) is 32.1 Å². The van der Waals surface area contributed by atoms with Crippen molar-refractivity contribution in [3.63, 3.8) is 0 Å². The molecule has 270 valence electrons. The quantitative estimate of drug-likeness (QED) is 0.0256. The van der Waals surface area contributed by atoms with Gasteiger partial charge in [-0.1, -0.05) is 152 Å². The Morgan fingerprint density at radius 2 is 1.04 bits per heavy atom. The molecule has 47 heavy (non-hydrogen) atoms. The van der Waals surface area contributed by atoms with E-state index in [2.05, 4.69) is 6.92 Å². The van der Waals surface area contributed by atoms with Gasteiger partial charge in [-0.3, -0.25) is 9.59 Å². The van der Waals surface area contributed by atoms with E-state index in [1.807, 2.05) is 19.1 Å². The second-order valence-electron chi connectivity index (χ2n) is 12.2. The largest absolute Gasteiger partial charge is 0.463 e. The normalized spacial score (nSPS) is 14.9. The molecule has 0 aliphatic carbocycles. The van der Waals surface area contributed by atoms with Gasteiger partial charge in [0.25, 0.3) is 0 Å². The Labute approximate surface area is 285 Å². The molecular formula is C39H66O8. The van der Waals surface area contributed by atoms with Crippen molar-refractivity contribution in [2.24, 2.45) is 0 Å². The molecule has 0 amide bonds. The predicted octanol–water partition coefficient (Wildman–Crippen LogP) is 7.75. The fourth-order valence-corrected chi connectivity index (χ4v) is 4.72. The summed E-state index contributed by atoms with van der Waals surface area (Å²) in [6.45, 7) is 3.80. The monoisotopic (exact) mass is 662 g/mol. The zero-order chi connectivity index (χ0) is 34.8. The van der Waals surface area contributed by atoms with Crippen LogP contribution in [0.2, 0.25) is 0 Å². The van der Waals surface area contributed by atoms with Gasteiger partial charge >= 0.3 is 11.9 Å². The summed E-state index contributed by atoms with van der Waals surface area (Å²) in [6, 6.07) is 0. The van der Waals surface area contributed by atoms with Gasteiger partial charge in [0.15, 0.2) is 0 Å². The highest BCUT2D eigenvalue weighted by molar-refractivity contribution is 5.69. The maximum Gasteiger partial charge on any atom is 0.305 e. The van der Waals surface area contributed by atoms with Crippen molar-refractivity contribution < 1.29 is 39.5 Å². The number of carbonyl (C=O) groups is 2. The number of aliphatic hydroxyl groups excluding tert-OH is 4. The number of carbonyl (C=O) groups excluding carboxylic acids is 2. The van der Waals surface area contributed by atoms with Gasteiger partial charge < -0.3 is 29.9 Å². The average Bonchev–Trinajstić information content (AvgIpc) is 3.06. The number of rotatable bonds is 31. The molecule has 0 spiro atoms. The second-order valence-corrected chi connectivity index (χ2v) is 12.2. The number of allylic oxidation sites excluding steroid dienone is 7. The predicted molar refractivity (Wildman–Crippen MR) is 191 cm³/mol. The van der Waals surface area contributed by atoms with Gasteiger partial charge in [-0.2, -0.15) is 0 Å². The molecule has 0 saturated heterocycles. The zero-order valence-corrected chi connectivity index (χ0v) is 29.4. The van der Waals surface area contributed by atoms with Gasteiger partial charge in [-0.25, -0.2) is 0 Å². The third-order valence-electron chi connectivity index (χ3n) is 7.61. The summed E-state index contributed by atoms with van der Waals surface area (Å²) in [6.07, 6.45) is 32.3. The molecule has 4 N–H and O–H groups in total. The standard InChI is InChI=1S/C39H66O8/c1-3-5-7-8-9-10-11-12-13-14-15-20-24-30-38(44)46-32-35(41)33-47-39(45)31-25-29-37(43)36(42)28-23-19-17-16-18-22-27-34(40)26-21-6-4-2/h6,16-19,21-23,27-28,34-37,40-43H,3-5,7-15,20,24-26,29-33H2,1-2H3/b18-16+,19-17-,21-6-,27-22+,28-23-/t34-,35-,36+,37+/m1/s1. The Hall–Kier alpha value is -2.52. The molecule has 0 aromatic rings. The first-order valence-corrected chi connectivity index (χ1v) is 18.2. The Bertz CT molecular complexity index is 891. The molecule has 0 aromatic heterocycles. The maximum absolute atomic E-state index is 12.0. The van der Waals surface area contributed by atoms with E-state index >= 15 is 0 Å². The molecule has 0 bridgehead atoms. The molecule has 0 fully saturated rings. The van der Waals surface area contributed by atoms with Gasteiger partial charge in [0.05, 0.1) is 18.3 Å². The van der Waals surface area contributed by atoms with Crippen LogP contribution in [0.25, 0.3) is 0 Å². The number of esters is 2. The lowest BCUT2D eigenvalue weighted by Crippen LogP contribution is -2.26. The van der Waals surface area contributed by atoms with E-state index in [-0.39, 0.29) is 32.0 Å². The summed E-state index contributed by atoms with van der Waals surface area (Å²) in [5, 5.41) is 40.0. The molecule has 8 heteroatoms. The highest BCUT2D eigenvalue weighted by atomic mass is 16.6. The van der Waals surface area contributed by atoms with Gasteiger partial charge in [-0.15, -0.1) is 0 Å². The molecule has 0 aliphatic heterocycles. The third-order valence-corrected chi connectivity index (χ3v) is 7.61. The van der Waals surface area contributed by atoms with E-state index in [0.29, 0.717) is 19.3 Å². The van der Waals surface area contributed by atoms with E-state index in [4.69, 9.17) is 9.47 Å². The van der Waals surface area contributed by atoms with Crippen LogP contribution in [0.1, 0.15) is 136 Å². The van der Waals surface area contributed by atoms with Crippen molar-refractivity contribution >= 4 is 11.9 Å². The van der Waals surface area contributed by atoms with Crippen LogP contribution >= 0.6 is 0 Å². The van der Waals surface area contributed by atoms with Crippen LogP contribution < -0.4 is 0 Å². The Morgan fingerprint density at radius 3 is 1.57 bits per heavy atom. The molecule has 0 unspecified atom stereocenters. The van der Waals surface area contributed by atoms with Crippen molar-refractivity contribution in [3.05, 3.63) is 60.8 Å². The Kier molecular flexibility index (Phi) is 31.6. The van der Waals surface area contributed by atoms with E-state index in [9.17, 15) is 30.0 Å². The molecule has 8 nitrogen and oxygen atoms in total. The lowest BCUT2D eigenvalue weighted by atomic mass is 10.0. The molecular weight excluding hydrogens is 596 g/mol. The zero-order valence-electron chi connectivity index (χ0n) is 29.4. The first-order chi connectivity index (χ1) is 22.8. The van der Waals surface area contributed by atoms with E-state index < -0.39 is 30.4 Å². The molecule has 0 aliphatic rings. The van der Waals surface area contributed by atoms with Crippen LogP contribution in [0.5, 0.6) is 0 Å². The molecule has 0 saturated carbocycles. The minimum Gasteiger partial charge on any atom is -0.463 e. The van der Waals surface area contributed by atoms with Crippen LogP contribution in [0.15, 0.2) is 60.8 Å². The van der Waals surface area contributed by atoms with Crippen molar-refractivity contribution in [2.45, 2.75) is 160 Å². The van der Waals surface area contributed by atoms with Crippen molar-refractivity contribution in [1.82, 2.24) is 0 Å². The van der Waals surface area contributed by atoms with Crippen molar-refractivity contribution in [2.75, 3.05) is 13.2 Å². The minimum absolute atomic E-state index is 0.0286. The van der Waals surface area contributed by atoms with Gasteiger partial charge in [0, 0.05) is 12.8 Å². The van der Waals surface area contributed by atoms with Gasteiger partial charge in [0.2, 0.25) is 0 Å². The van der Waals surface area contributed by atoms with E-state index in [0.717, 1.165) is 25.7 Å². The Morgan fingerprint density at radius 1 is 0.574 bits per heavy atom. The minimum atomic E-state index is -1.09. The first kappa shape index (κ1) is 44.5. The highest BCUT2D eigenvalue weighted by Gasteiger charge is 2.15. The average molecular weight is 663 g/mol. The van der Waals surface area contributed by atoms with Crippen LogP contribution in [-0.4, -0.2) is 70.0 Å². The van der Waals surface area contributed by atoms with E-state index in [1.54, 1.807) is 42.5 Å². The van der Waals surface area contributed by atoms with E-state index in [1.165, 1.54) is 70.3 Å². The number of ether oxygens (including phenoxy) is 2. The first-order valence-electron chi connectivity index (χ1n) is 18.2. The van der Waals surface area contributed by atoms with Gasteiger partial charge in [0.1, 0.15) is 19.3 Å². The molecule has 0 radical (unpaired) electrons. The maximum atomic E-state index is 12.0. The summed E-state index contributed by atoms with van der Waals surface area (Å²) < 4.78 is 10.1. The lowest BCUT2D eigenvalue weighted by Gasteiger charge is -2.14. The number of hydrogen-bond donors (Lipinski definition) is 4. The van der Waals surface area contributed by atoms with Crippen LogP contribution in [0, 0.1) is 0 Å². The summed E-state index contributed by atoms with van der Waals surface area (Å²) in [7, 11) is 0. The number of hydrogen-bond acceptors (Lipinski definition) is 8. The van der Waals surface area contributed by atoms with Crippen LogP contribution in [0.3, 0.4) is 0 Å². The highest BCUT2D eigenvalue weighted by Crippen LogP contribution is 2.13. The molecule has 4 atom stereocenters. The SMILES string of the molecule is CC/C=C\C[C@@H](O)/C=C/C=C/C=C\C=C/[C@H](O)[C@@H](O)CCCC(=O)OC[C@H](O)COC(=O)CCCCCCCCCCCCCCC. The molecule has 0 heterocycles. The number of aliphatic hydroxyl groups is 4. The number of unbranched alkanes of at least 4 members (excludes halogenated alkanes) is 12. The fraction of sp³-hybridized carbons (Fsp3) is 0.692. The summed E-state index contributed by atoms with van der Waals surface area (Å²) in [4.78, 5) is 23.9. The Balaban J connectivity index is 3.83. The summed E-state index contributed by atoms with van der Waals surface area (Å²) >= 11 is 0. The van der Waals surface area contributed by atoms with Crippen LogP contribution in [0.4, 0.5) is 0 Å².